The standard InChI is InChI=1S/C21H33N3O2/c1-26-19-7-5-18(6-8-19)16-24-13-9-17(10-14-24)15-23-20(25)21(22)11-3-2-4-12-21/h5-8,17H,2-4,9-16,22H2,1H3,(H,23,25). The Balaban J connectivity index is 1.38. The van der Waals surface area contributed by atoms with Crippen molar-refractivity contribution in [2.45, 2.75) is 57.0 Å². The number of carbonyl (C=O) groups is 1. The third-order valence-electron chi connectivity index (χ3n) is 6.02. The van der Waals surface area contributed by atoms with E-state index in [1.54, 1.807) is 7.11 Å². The summed E-state index contributed by atoms with van der Waals surface area (Å²) in [4.78, 5) is 15.0. The Morgan fingerprint density at radius 3 is 2.46 bits per heavy atom. The molecule has 5 nitrogen and oxygen atoms in total. The van der Waals surface area contributed by atoms with E-state index < -0.39 is 5.54 Å². The maximum absolute atomic E-state index is 12.5. The van der Waals surface area contributed by atoms with Crippen LogP contribution in [0.5, 0.6) is 5.75 Å². The third kappa shape index (κ3) is 4.98. The summed E-state index contributed by atoms with van der Waals surface area (Å²) in [7, 11) is 1.69. The van der Waals surface area contributed by atoms with Gasteiger partial charge in [0.1, 0.15) is 5.75 Å². The van der Waals surface area contributed by atoms with Crippen LogP contribution in [0.25, 0.3) is 0 Å². The molecular formula is C21H33N3O2. The lowest BCUT2D eigenvalue weighted by Gasteiger charge is -2.34. The Labute approximate surface area is 157 Å². The Hall–Kier alpha value is -1.59. The third-order valence-corrected chi connectivity index (χ3v) is 6.02. The van der Waals surface area contributed by atoms with Crippen molar-refractivity contribution >= 4 is 5.91 Å². The van der Waals surface area contributed by atoms with Crippen LogP contribution in [-0.4, -0.2) is 43.1 Å². The summed E-state index contributed by atoms with van der Waals surface area (Å²) in [6.07, 6.45) is 7.29. The maximum atomic E-state index is 12.5. The fourth-order valence-electron chi connectivity index (χ4n) is 4.16. The van der Waals surface area contributed by atoms with Crippen molar-refractivity contribution in [1.29, 1.82) is 0 Å². The minimum absolute atomic E-state index is 0.0675. The van der Waals surface area contributed by atoms with E-state index in [-0.39, 0.29) is 5.91 Å². The molecule has 1 aromatic carbocycles. The number of ether oxygens (including phenoxy) is 1. The van der Waals surface area contributed by atoms with Crippen molar-refractivity contribution in [2.75, 3.05) is 26.7 Å². The number of rotatable bonds is 6. The highest BCUT2D eigenvalue weighted by molar-refractivity contribution is 5.86. The van der Waals surface area contributed by atoms with Crippen molar-refractivity contribution in [3.8, 4) is 5.75 Å². The lowest BCUT2D eigenvalue weighted by molar-refractivity contribution is -0.127. The van der Waals surface area contributed by atoms with Crippen molar-refractivity contribution in [1.82, 2.24) is 10.2 Å². The van der Waals surface area contributed by atoms with Gasteiger partial charge in [0.05, 0.1) is 12.6 Å². The van der Waals surface area contributed by atoms with Gasteiger partial charge in [0.2, 0.25) is 5.91 Å². The average Bonchev–Trinajstić information content (AvgIpc) is 2.68. The van der Waals surface area contributed by atoms with Crippen molar-refractivity contribution in [2.24, 2.45) is 11.7 Å². The predicted molar refractivity (Wildman–Crippen MR) is 104 cm³/mol. The van der Waals surface area contributed by atoms with E-state index in [9.17, 15) is 4.79 Å². The zero-order valence-electron chi connectivity index (χ0n) is 16.0. The van der Waals surface area contributed by atoms with E-state index in [1.807, 2.05) is 12.1 Å². The minimum atomic E-state index is -0.618. The highest BCUT2D eigenvalue weighted by atomic mass is 16.5. The molecule has 0 radical (unpaired) electrons. The van der Waals surface area contributed by atoms with Crippen LogP contribution in [0.4, 0.5) is 0 Å². The fraction of sp³-hybridized carbons (Fsp3) is 0.667. The first-order chi connectivity index (χ1) is 12.6. The van der Waals surface area contributed by atoms with Gasteiger partial charge in [-0.3, -0.25) is 9.69 Å². The fourth-order valence-corrected chi connectivity index (χ4v) is 4.16. The van der Waals surface area contributed by atoms with Crippen LogP contribution in [0.3, 0.4) is 0 Å². The SMILES string of the molecule is COc1ccc(CN2CCC(CNC(=O)C3(N)CCCCC3)CC2)cc1. The largest absolute Gasteiger partial charge is 0.497 e. The van der Waals surface area contributed by atoms with E-state index in [1.165, 1.54) is 12.0 Å². The highest BCUT2D eigenvalue weighted by Gasteiger charge is 2.35. The topological polar surface area (TPSA) is 67.6 Å². The molecule has 3 N–H and O–H groups in total. The summed E-state index contributed by atoms with van der Waals surface area (Å²) in [6, 6.07) is 8.31. The van der Waals surface area contributed by atoms with Crippen LogP contribution >= 0.6 is 0 Å². The summed E-state index contributed by atoms with van der Waals surface area (Å²) >= 11 is 0. The molecule has 5 heteroatoms. The molecule has 1 aliphatic carbocycles. The molecule has 144 valence electrons. The number of likely N-dealkylation sites (tertiary alicyclic amines) is 1. The Morgan fingerprint density at radius 1 is 1.19 bits per heavy atom. The number of nitrogens with one attached hydrogen (secondary N) is 1. The molecule has 0 bridgehead atoms. The van der Waals surface area contributed by atoms with Gasteiger partial charge in [0, 0.05) is 13.1 Å². The summed E-state index contributed by atoms with van der Waals surface area (Å²) in [6.45, 7) is 3.92. The molecule has 1 saturated heterocycles. The number of methoxy groups -OCH3 is 1. The molecule has 1 aliphatic heterocycles. The van der Waals surface area contributed by atoms with Crippen LogP contribution < -0.4 is 15.8 Å². The lowest BCUT2D eigenvalue weighted by Crippen LogP contribution is -2.55. The highest BCUT2D eigenvalue weighted by Crippen LogP contribution is 2.26. The number of piperidine rings is 1. The summed E-state index contributed by atoms with van der Waals surface area (Å²) in [5.74, 6) is 1.54. The van der Waals surface area contributed by atoms with Crippen LogP contribution in [0.15, 0.2) is 24.3 Å². The molecule has 0 unspecified atom stereocenters. The lowest BCUT2D eigenvalue weighted by atomic mass is 9.81. The number of nitrogens with two attached hydrogens (primary N) is 1. The molecule has 1 saturated carbocycles. The number of hydrogen-bond acceptors (Lipinski definition) is 4. The number of nitrogens with zero attached hydrogens (tertiary/aromatic N) is 1. The van der Waals surface area contributed by atoms with Gasteiger partial charge in [-0.25, -0.2) is 0 Å². The number of carbonyl (C=O) groups excluding carboxylic acids is 1. The minimum Gasteiger partial charge on any atom is -0.497 e. The van der Waals surface area contributed by atoms with Gasteiger partial charge < -0.3 is 15.8 Å². The number of benzene rings is 1. The van der Waals surface area contributed by atoms with Crippen LogP contribution in [0.1, 0.15) is 50.5 Å². The molecule has 0 aromatic heterocycles. The average molecular weight is 360 g/mol. The van der Waals surface area contributed by atoms with E-state index in [2.05, 4.69) is 22.3 Å². The quantitative estimate of drug-likeness (QED) is 0.819. The molecule has 0 spiro atoms. The number of hydrogen-bond donors (Lipinski definition) is 2. The summed E-state index contributed by atoms with van der Waals surface area (Å²) < 4.78 is 5.21. The van der Waals surface area contributed by atoms with Crippen molar-refractivity contribution in [3.05, 3.63) is 29.8 Å². The van der Waals surface area contributed by atoms with Crippen LogP contribution in [0, 0.1) is 5.92 Å². The molecule has 3 rings (SSSR count). The van der Waals surface area contributed by atoms with E-state index in [0.29, 0.717) is 5.92 Å². The Kier molecular flexibility index (Phi) is 6.54. The molecule has 2 fully saturated rings. The molecule has 26 heavy (non-hydrogen) atoms. The van der Waals surface area contributed by atoms with Crippen LogP contribution in [-0.2, 0) is 11.3 Å². The first-order valence-electron chi connectivity index (χ1n) is 10.0. The zero-order chi connectivity index (χ0) is 18.4. The molecule has 1 amide bonds. The molecule has 2 aliphatic rings. The Morgan fingerprint density at radius 2 is 1.85 bits per heavy atom. The van der Waals surface area contributed by atoms with E-state index in [4.69, 9.17) is 10.5 Å². The van der Waals surface area contributed by atoms with E-state index >= 15 is 0 Å². The van der Waals surface area contributed by atoms with Gasteiger partial charge in [0.25, 0.3) is 0 Å². The molecular weight excluding hydrogens is 326 g/mol. The smallest absolute Gasteiger partial charge is 0.240 e. The normalized spacial score (nSPS) is 21.3. The van der Waals surface area contributed by atoms with Crippen molar-refractivity contribution in [3.63, 3.8) is 0 Å². The second kappa shape index (κ2) is 8.87. The van der Waals surface area contributed by atoms with Gasteiger partial charge in [-0.1, -0.05) is 31.4 Å². The second-order valence-corrected chi connectivity index (χ2v) is 7.99. The first-order valence-corrected chi connectivity index (χ1v) is 10.0. The van der Waals surface area contributed by atoms with Gasteiger partial charge in [-0.05, 0) is 62.4 Å². The summed E-state index contributed by atoms with van der Waals surface area (Å²) in [5, 5.41) is 3.14. The first kappa shape index (κ1) is 19.2. The predicted octanol–water partition coefficient (Wildman–Crippen LogP) is 2.68. The van der Waals surface area contributed by atoms with Crippen LogP contribution in [0.2, 0.25) is 0 Å². The second-order valence-electron chi connectivity index (χ2n) is 7.99. The monoisotopic (exact) mass is 359 g/mol. The van der Waals surface area contributed by atoms with Gasteiger partial charge in [0.15, 0.2) is 0 Å². The van der Waals surface area contributed by atoms with E-state index in [0.717, 1.165) is 70.5 Å². The Bertz CT molecular complexity index is 573. The van der Waals surface area contributed by atoms with Gasteiger partial charge in [-0.15, -0.1) is 0 Å². The molecule has 0 atom stereocenters. The zero-order valence-corrected chi connectivity index (χ0v) is 16.0. The summed E-state index contributed by atoms with van der Waals surface area (Å²) in [5.41, 5.74) is 7.02. The van der Waals surface area contributed by atoms with Crippen molar-refractivity contribution < 1.29 is 9.53 Å². The maximum Gasteiger partial charge on any atom is 0.240 e. The molecule has 1 aromatic rings. The number of amides is 1. The van der Waals surface area contributed by atoms with Gasteiger partial charge in [-0.2, -0.15) is 0 Å². The van der Waals surface area contributed by atoms with Gasteiger partial charge >= 0.3 is 0 Å². The molecule has 1 heterocycles.